The highest BCUT2D eigenvalue weighted by Gasteiger charge is 1.92. The third-order valence-electron chi connectivity index (χ3n) is 1.55. The Labute approximate surface area is 70.8 Å². The first-order valence-electron chi connectivity index (χ1n) is 3.64. The van der Waals surface area contributed by atoms with E-state index in [1.54, 1.807) is 7.11 Å². The van der Waals surface area contributed by atoms with E-state index < -0.39 is 0 Å². The molecule has 0 spiro atoms. The molecule has 11 heavy (non-hydrogen) atoms. The van der Waals surface area contributed by atoms with Gasteiger partial charge in [-0.05, 0) is 24.1 Å². The zero-order valence-corrected chi connectivity index (χ0v) is 7.63. The lowest BCUT2D eigenvalue weighted by Crippen LogP contribution is -1.86. The number of methoxy groups -OCH3 is 1. The molecule has 0 atom stereocenters. The molecular formula is C9H11OSi. The Kier molecular flexibility index (Phi) is 3.17. The zero-order chi connectivity index (χ0) is 8.10. The van der Waals surface area contributed by atoms with E-state index in [9.17, 15) is 0 Å². The van der Waals surface area contributed by atoms with Crippen molar-refractivity contribution in [2.24, 2.45) is 0 Å². The molecule has 57 valence electrons. The minimum Gasteiger partial charge on any atom is -0.497 e. The Morgan fingerprint density at radius 2 is 2.27 bits per heavy atom. The molecule has 0 fully saturated rings. The quantitative estimate of drug-likeness (QED) is 0.618. The van der Waals surface area contributed by atoms with Crippen molar-refractivity contribution < 1.29 is 4.74 Å². The van der Waals surface area contributed by atoms with Crippen LogP contribution in [0.3, 0.4) is 0 Å². The largest absolute Gasteiger partial charge is 0.497 e. The van der Waals surface area contributed by atoms with Gasteiger partial charge in [0.25, 0.3) is 0 Å². The van der Waals surface area contributed by atoms with Crippen molar-refractivity contribution in [1.82, 2.24) is 0 Å². The first kappa shape index (κ1) is 8.33. The molecule has 1 nitrogen and oxygen atoms in total. The topological polar surface area (TPSA) is 9.23 Å². The number of hydrogen-bond donors (Lipinski definition) is 0. The third kappa shape index (κ3) is 2.39. The summed E-state index contributed by atoms with van der Waals surface area (Å²) >= 11 is 0. The molecule has 0 aliphatic rings. The Morgan fingerprint density at radius 3 is 2.91 bits per heavy atom. The van der Waals surface area contributed by atoms with E-state index in [0.29, 0.717) is 0 Å². The fraction of sp³-hybridized carbons (Fsp3) is 0.333. The molecule has 0 heterocycles. The fourth-order valence-corrected chi connectivity index (χ4v) is 1.26. The van der Waals surface area contributed by atoms with Gasteiger partial charge in [-0.1, -0.05) is 18.2 Å². The van der Waals surface area contributed by atoms with Gasteiger partial charge >= 0.3 is 0 Å². The summed E-state index contributed by atoms with van der Waals surface area (Å²) in [5.41, 5.74) is 1.30. The average Bonchev–Trinajstić information content (AvgIpc) is 2.06. The first-order valence-corrected chi connectivity index (χ1v) is 4.35. The second-order valence-electron chi connectivity index (χ2n) is 2.35. The molecular weight excluding hydrogens is 152 g/mol. The summed E-state index contributed by atoms with van der Waals surface area (Å²) < 4.78 is 5.09. The van der Waals surface area contributed by atoms with Crippen molar-refractivity contribution in [2.75, 3.05) is 7.11 Å². The summed E-state index contributed by atoms with van der Waals surface area (Å²) in [5, 5.41) is 0. The van der Waals surface area contributed by atoms with Crippen LogP contribution in [-0.4, -0.2) is 17.4 Å². The van der Waals surface area contributed by atoms with E-state index in [-0.39, 0.29) is 0 Å². The van der Waals surface area contributed by atoms with Gasteiger partial charge in [0.1, 0.15) is 5.75 Å². The Morgan fingerprint density at radius 1 is 1.45 bits per heavy atom. The molecule has 0 aliphatic carbocycles. The van der Waals surface area contributed by atoms with Crippen LogP contribution in [0.5, 0.6) is 5.75 Å². The maximum Gasteiger partial charge on any atom is 0.119 e. The fourth-order valence-electron chi connectivity index (χ4n) is 0.972. The maximum atomic E-state index is 5.09. The van der Waals surface area contributed by atoms with Gasteiger partial charge in [0, 0.05) is 10.2 Å². The second kappa shape index (κ2) is 4.19. The van der Waals surface area contributed by atoms with Crippen molar-refractivity contribution >= 4 is 10.2 Å². The van der Waals surface area contributed by atoms with E-state index in [0.717, 1.165) is 18.2 Å². The first-order chi connectivity index (χ1) is 5.36. The normalized spacial score (nSPS) is 9.64. The van der Waals surface area contributed by atoms with Gasteiger partial charge < -0.3 is 4.74 Å². The van der Waals surface area contributed by atoms with Gasteiger partial charge in [0.05, 0.1) is 7.11 Å². The lowest BCUT2D eigenvalue weighted by atomic mass is 10.2. The van der Waals surface area contributed by atoms with Crippen LogP contribution in [0.4, 0.5) is 0 Å². The summed E-state index contributed by atoms with van der Waals surface area (Å²) in [7, 11) is 5.12. The Bertz CT molecular complexity index is 223. The predicted octanol–water partition coefficient (Wildman–Crippen LogP) is 1.82. The molecule has 0 unspecified atom stereocenters. The molecule has 3 radical (unpaired) electrons. The summed E-state index contributed by atoms with van der Waals surface area (Å²) in [5.74, 6) is 0.933. The highest BCUT2D eigenvalue weighted by atomic mass is 28.1. The highest BCUT2D eigenvalue weighted by molar-refractivity contribution is 6.08. The van der Waals surface area contributed by atoms with Gasteiger partial charge in [-0.3, -0.25) is 0 Å². The molecule has 0 saturated heterocycles. The summed E-state index contributed by atoms with van der Waals surface area (Å²) in [6.07, 6.45) is 1.05. The number of benzene rings is 1. The highest BCUT2D eigenvalue weighted by Crippen LogP contribution is 2.13. The van der Waals surface area contributed by atoms with Crippen LogP contribution in [0.15, 0.2) is 24.3 Å². The summed E-state index contributed by atoms with van der Waals surface area (Å²) in [6.45, 7) is 0. The van der Waals surface area contributed by atoms with Crippen LogP contribution in [0.25, 0.3) is 0 Å². The lowest BCUT2D eigenvalue weighted by Gasteiger charge is -2.01. The minimum absolute atomic E-state index is 0.933. The molecule has 1 aromatic carbocycles. The summed E-state index contributed by atoms with van der Waals surface area (Å²) in [6, 6.07) is 9.11. The van der Waals surface area contributed by atoms with Crippen LogP contribution < -0.4 is 4.74 Å². The SMILES string of the molecule is COc1cccc(CC[Si])c1. The average molecular weight is 163 g/mol. The van der Waals surface area contributed by atoms with Gasteiger partial charge in [-0.15, -0.1) is 0 Å². The molecule has 0 amide bonds. The van der Waals surface area contributed by atoms with Crippen molar-refractivity contribution in [3.05, 3.63) is 29.8 Å². The van der Waals surface area contributed by atoms with E-state index in [4.69, 9.17) is 4.74 Å². The van der Waals surface area contributed by atoms with E-state index >= 15 is 0 Å². The molecule has 0 aromatic heterocycles. The van der Waals surface area contributed by atoms with Gasteiger partial charge in [-0.25, -0.2) is 0 Å². The number of aryl methyl sites for hydroxylation is 1. The third-order valence-corrected chi connectivity index (χ3v) is 1.80. The van der Waals surface area contributed by atoms with Crippen LogP contribution in [-0.2, 0) is 6.42 Å². The molecule has 1 rings (SSSR count). The minimum atomic E-state index is 0.933. The van der Waals surface area contributed by atoms with Crippen LogP contribution in [0.2, 0.25) is 6.04 Å². The predicted molar refractivity (Wildman–Crippen MR) is 47.3 cm³/mol. The molecule has 0 bridgehead atoms. The van der Waals surface area contributed by atoms with Crippen LogP contribution in [0.1, 0.15) is 5.56 Å². The zero-order valence-electron chi connectivity index (χ0n) is 6.63. The Balaban J connectivity index is 2.74. The van der Waals surface area contributed by atoms with Crippen LogP contribution >= 0.6 is 0 Å². The number of rotatable bonds is 3. The molecule has 1 aromatic rings. The van der Waals surface area contributed by atoms with E-state index in [1.807, 2.05) is 12.1 Å². The van der Waals surface area contributed by atoms with Gasteiger partial charge in [0.2, 0.25) is 0 Å². The van der Waals surface area contributed by atoms with E-state index in [1.165, 1.54) is 5.56 Å². The van der Waals surface area contributed by atoms with Crippen molar-refractivity contribution in [3.63, 3.8) is 0 Å². The van der Waals surface area contributed by atoms with Crippen molar-refractivity contribution in [3.8, 4) is 5.75 Å². The Hall–Kier alpha value is -0.763. The second-order valence-corrected chi connectivity index (χ2v) is 2.85. The molecule has 0 N–H and O–H groups in total. The maximum absolute atomic E-state index is 5.09. The van der Waals surface area contributed by atoms with Crippen molar-refractivity contribution in [1.29, 1.82) is 0 Å². The smallest absolute Gasteiger partial charge is 0.119 e. The number of ether oxygens (including phenoxy) is 1. The lowest BCUT2D eigenvalue weighted by molar-refractivity contribution is 0.414. The van der Waals surface area contributed by atoms with Gasteiger partial charge in [0.15, 0.2) is 0 Å². The number of hydrogen-bond acceptors (Lipinski definition) is 1. The summed E-state index contributed by atoms with van der Waals surface area (Å²) in [4.78, 5) is 0. The molecule has 0 saturated carbocycles. The monoisotopic (exact) mass is 163 g/mol. The standard InChI is InChI=1S/C9H11OSi/c1-10-9-4-2-3-8(7-9)5-6-11/h2-4,7H,5-6H2,1H3. The van der Waals surface area contributed by atoms with Gasteiger partial charge in [-0.2, -0.15) is 0 Å². The van der Waals surface area contributed by atoms with Crippen molar-refractivity contribution in [2.45, 2.75) is 12.5 Å². The molecule has 0 aliphatic heterocycles. The molecule has 2 heteroatoms. The van der Waals surface area contributed by atoms with Crippen LogP contribution in [0, 0.1) is 0 Å². The van der Waals surface area contributed by atoms with E-state index in [2.05, 4.69) is 22.4 Å².